The Balaban J connectivity index is 3.20. The third-order valence-corrected chi connectivity index (χ3v) is 5.42. The summed E-state index contributed by atoms with van der Waals surface area (Å²) < 4.78 is 26.8. The van der Waals surface area contributed by atoms with E-state index >= 15 is 0 Å². The maximum atomic E-state index is 12.4. The highest BCUT2D eigenvalue weighted by Crippen LogP contribution is 2.28. The Morgan fingerprint density at radius 1 is 1.30 bits per heavy atom. The average Bonchev–Trinajstić information content (AvgIpc) is 2.39. The highest BCUT2D eigenvalue weighted by molar-refractivity contribution is 7.92. The molecule has 1 aromatic rings. The zero-order chi connectivity index (χ0) is 15.6. The van der Waals surface area contributed by atoms with Crippen LogP contribution in [0, 0.1) is 11.3 Å². The molecule has 0 amide bonds. The monoisotopic (exact) mass is 295 g/mol. The van der Waals surface area contributed by atoms with Crippen LogP contribution in [-0.4, -0.2) is 32.3 Å². The lowest BCUT2D eigenvalue weighted by Gasteiger charge is -2.23. The van der Waals surface area contributed by atoms with Crippen LogP contribution in [0.2, 0.25) is 0 Å². The number of ketones is 1. The average molecular weight is 295 g/mol. The molecule has 20 heavy (non-hydrogen) atoms. The molecule has 0 radical (unpaired) electrons. The van der Waals surface area contributed by atoms with Crippen LogP contribution in [0.1, 0.15) is 25.3 Å². The molecule has 6 heteroatoms. The first-order valence-corrected chi connectivity index (χ1v) is 7.81. The maximum absolute atomic E-state index is 12.4. The van der Waals surface area contributed by atoms with Crippen molar-refractivity contribution in [3.05, 3.63) is 29.8 Å². The Bertz CT molecular complexity index is 639. The third-order valence-electron chi connectivity index (χ3n) is 3.36. The number of nitriles is 1. The number of Topliss-reactive ketones (excluding diaryl/α,β-unsaturated/α-hetero) is 1. The van der Waals surface area contributed by atoms with Gasteiger partial charge in [0.2, 0.25) is 0 Å². The number of ether oxygens (including phenoxy) is 1. The highest BCUT2D eigenvalue weighted by Gasteiger charge is 2.42. The van der Waals surface area contributed by atoms with E-state index in [9.17, 15) is 18.5 Å². The van der Waals surface area contributed by atoms with Gasteiger partial charge in [0.15, 0.2) is 15.6 Å². The van der Waals surface area contributed by atoms with Crippen molar-refractivity contribution in [3.63, 3.8) is 0 Å². The molecule has 0 spiro atoms. The Morgan fingerprint density at radius 3 is 2.15 bits per heavy atom. The molecule has 0 aliphatic heterocycles. The molecule has 0 saturated carbocycles. The Hall–Kier alpha value is -1.87. The van der Waals surface area contributed by atoms with Crippen LogP contribution < -0.4 is 4.74 Å². The van der Waals surface area contributed by atoms with E-state index in [2.05, 4.69) is 0 Å². The summed E-state index contributed by atoms with van der Waals surface area (Å²) >= 11 is 0. The van der Waals surface area contributed by atoms with Gasteiger partial charge in [-0.1, -0.05) is 12.1 Å². The Morgan fingerprint density at radius 2 is 1.80 bits per heavy atom. The fourth-order valence-corrected chi connectivity index (χ4v) is 2.09. The molecule has 108 valence electrons. The number of benzene rings is 1. The van der Waals surface area contributed by atoms with Gasteiger partial charge in [-0.05, 0) is 31.5 Å². The first-order valence-electron chi connectivity index (χ1n) is 5.92. The summed E-state index contributed by atoms with van der Waals surface area (Å²) in [7, 11) is -2.09. The van der Waals surface area contributed by atoms with Gasteiger partial charge in [-0.15, -0.1) is 0 Å². The van der Waals surface area contributed by atoms with Crippen molar-refractivity contribution in [2.75, 3.05) is 13.4 Å². The summed E-state index contributed by atoms with van der Waals surface area (Å²) in [4.78, 5) is 12.4. The fourth-order valence-electron chi connectivity index (χ4n) is 1.61. The number of carbonyl (C=O) groups is 1. The number of sulfone groups is 1. The van der Waals surface area contributed by atoms with Gasteiger partial charge in [-0.2, -0.15) is 5.26 Å². The highest BCUT2D eigenvalue weighted by atomic mass is 32.2. The molecule has 1 unspecified atom stereocenters. The minimum absolute atomic E-state index is 0.454. The molecule has 0 heterocycles. The smallest absolute Gasteiger partial charge is 0.175 e. The molecular weight excluding hydrogens is 278 g/mol. The first kappa shape index (κ1) is 16.2. The van der Waals surface area contributed by atoms with Gasteiger partial charge in [-0.25, -0.2) is 8.42 Å². The summed E-state index contributed by atoms with van der Waals surface area (Å²) in [6.45, 7) is 2.64. The van der Waals surface area contributed by atoms with E-state index in [1.54, 1.807) is 24.3 Å². The fraction of sp³-hybridized carbons (Fsp3) is 0.429. The predicted molar refractivity (Wildman–Crippen MR) is 75.3 cm³/mol. The van der Waals surface area contributed by atoms with E-state index in [1.807, 2.05) is 6.07 Å². The number of hydrogen-bond donors (Lipinski definition) is 0. The number of hydrogen-bond acceptors (Lipinski definition) is 5. The van der Waals surface area contributed by atoms with Crippen LogP contribution in [0.3, 0.4) is 0 Å². The van der Waals surface area contributed by atoms with Gasteiger partial charge in [0.1, 0.15) is 16.4 Å². The van der Waals surface area contributed by atoms with Crippen LogP contribution in [0.15, 0.2) is 24.3 Å². The summed E-state index contributed by atoms with van der Waals surface area (Å²) in [5.41, 5.74) is 0.454. The minimum Gasteiger partial charge on any atom is -0.497 e. The lowest BCUT2D eigenvalue weighted by molar-refractivity contribution is -0.121. The summed E-state index contributed by atoms with van der Waals surface area (Å²) in [5.74, 6) is -1.15. The van der Waals surface area contributed by atoms with Crippen molar-refractivity contribution in [1.82, 2.24) is 0 Å². The number of rotatable bonds is 5. The van der Waals surface area contributed by atoms with E-state index in [-0.39, 0.29) is 0 Å². The normalized spacial score (nSPS) is 13.3. The van der Waals surface area contributed by atoms with Crippen LogP contribution >= 0.6 is 0 Å². The van der Waals surface area contributed by atoms with E-state index in [0.717, 1.165) is 6.26 Å². The van der Waals surface area contributed by atoms with Gasteiger partial charge in [0, 0.05) is 6.26 Å². The molecule has 1 aromatic carbocycles. The first-order chi connectivity index (χ1) is 9.15. The summed E-state index contributed by atoms with van der Waals surface area (Å²) in [5, 5.41) is 9.21. The van der Waals surface area contributed by atoms with Gasteiger partial charge < -0.3 is 4.74 Å². The standard InChI is InChI=1S/C14H17NO4S/c1-14(2,20(4,17)18)13(16)12(9-15)10-5-7-11(19-3)8-6-10/h5-8,12H,1-4H3. The lowest BCUT2D eigenvalue weighted by Crippen LogP contribution is -2.42. The molecule has 1 atom stereocenters. The van der Waals surface area contributed by atoms with Crippen LogP contribution in [0.4, 0.5) is 0 Å². The topological polar surface area (TPSA) is 84.2 Å². The summed E-state index contributed by atoms with van der Waals surface area (Å²) in [6, 6.07) is 8.30. The lowest BCUT2D eigenvalue weighted by atomic mass is 9.89. The van der Waals surface area contributed by atoms with Gasteiger partial charge in [0.05, 0.1) is 13.2 Å². The predicted octanol–water partition coefficient (Wildman–Crippen LogP) is 1.69. The van der Waals surface area contributed by atoms with Gasteiger partial charge in [0.25, 0.3) is 0 Å². The minimum atomic E-state index is -3.60. The molecule has 5 nitrogen and oxygen atoms in total. The van der Waals surface area contributed by atoms with Crippen molar-refractivity contribution >= 4 is 15.6 Å². The van der Waals surface area contributed by atoms with Crippen molar-refractivity contribution in [1.29, 1.82) is 5.26 Å². The molecule has 0 N–H and O–H groups in total. The van der Waals surface area contributed by atoms with Crippen molar-refractivity contribution in [2.45, 2.75) is 24.5 Å². The van der Waals surface area contributed by atoms with Gasteiger partial charge in [-0.3, -0.25) is 4.79 Å². The molecule has 0 aliphatic carbocycles. The van der Waals surface area contributed by atoms with Crippen molar-refractivity contribution < 1.29 is 17.9 Å². The molecule has 0 bridgehead atoms. The van der Waals surface area contributed by atoms with Crippen molar-refractivity contribution in [2.24, 2.45) is 0 Å². The van der Waals surface area contributed by atoms with E-state index in [1.165, 1.54) is 21.0 Å². The summed E-state index contributed by atoms with van der Waals surface area (Å²) in [6.07, 6.45) is 0.993. The number of methoxy groups -OCH3 is 1. The molecule has 0 aromatic heterocycles. The van der Waals surface area contributed by atoms with Crippen LogP contribution in [-0.2, 0) is 14.6 Å². The largest absolute Gasteiger partial charge is 0.497 e. The molecule has 0 saturated heterocycles. The zero-order valence-electron chi connectivity index (χ0n) is 11.9. The SMILES string of the molecule is COc1ccc(C(C#N)C(=O)C(C)(C)S(C)(=O)=O)cc1. The zero-order valence-corrected chi connectivity index (χ0v) is 12.7. The van der Waals surface area contributed by atoms with E-state index < -0.39 is 26.3 Å². The van der Waals surface area contributed by atoms with Crippen LogP contribution in [0.25, 0.3) is 0 Å². The second kappa shape index (κ2) is 5.63. The molecule has 1 rings (SSSR count). The number of nitrogens with zero attached hydrogens (tertiary/aromatic N) is 1. The molecule has 0 aliphatic rings. The Kier molecular flexibility index (Phi) is 4.56. The Labute approximate surface area is 119 Å². The van der Waals surface area contributed by atoms with Crippen LogP contribution in [0.5, 0.6) is 5.75 Å². The molecular formula is C14H17NO4S. The van der Waals surface area contributed by atoms with Crippen molar-refractivity contribution in [3.8, 4) is 11.8 Å². The third kappa shape index (κ3) is 2.99. The maximum Gasteiger partial charge on any atom is 0.175 e. The quantitative estimate of drug-likeness (QED) is 0.825. The van der Waals surface area contributed by atoms with Gasteiger partial charge >= 0.3 is 0 Å². The van der Waals surface area contributed by atoms with E-state index in [4.69, 9.17) is 4.74 Å². The number of carbonyl (C=O) groups excluding carboxylic acids is 1. The second-order valence-electron chi connectivity index (χ2n) is 4.98. The second-order valence-corrected chi connectivity index (χ2v) is 7.55. The molecule has 0 fully saturated rings. The van der Waals surface area contributed by atoms with E-state index in [0.29, 0.717) is 11.3 Å².